The first-order valence-corrected chi connectivity index (χ1v) is 10.3. The smallest absolute Gasteiger partial charge is 0.307 e. The van der Waals surface area contributed by atoms with Crippen molar-refractivity contribution in [3.05, 3.63) is 54.0 Å². The van der Waals surface area contributed by atoms with Gasteiger partial charge in [-0.1, -0.05) is 6.07 Å². The number of carboxylic acids is 1. The highest BCUT2D eigenvalue weighted by Gasteiger charge is 2.32. The van der Waals surface area contributed by atoms with E-state index in [0.29, 0.717) is 27.3 Å². The molecule has 1 atom stereocenters. The second-order valence-corrected chi connectivity index (χ2v) is 9.84. The summed E-state index contributed by atoms with van der Waals surface area (Å²) >= 11 is -1.36. The minimum Gasteiger partial charge on any atom is -0.611 e. The zero-order chi connectivity index (χ0) is 22.1. The molecule has 158 valence electrons. The number of carbonyl (C=O) groups is 1. The van der Waals surface area contributed by atoms with Crippen LogP contribution in [0.15, 0.2) is 47.5 Å². The molecule has 0 fully saturated rings. The van der Waals surface area contributed by atoms with Crippen LogP contribution in [0.1, 0.15) is 26.3 Å². The molecule has 0 amide bonds. The molecule has 2 aromatic carbocycles. The molecule has 0 aliphatic heterocycles. The molecule has 0 radical (unpaired) electrons. The van der Waals surface area contributed by atoms with Crippen molar-refractivity contribution in [3.8, 4) is 17.2 Å². The first-order chi connectivity index (χ1) is 14.1. The number of hydrogen-bond donors (Lipinski definition) is 1. The molecule has 3 aromatic rings. The third kappa shape index (κ3) is 4.66. The number of halogens is 1. The first kappa shape index (κ1) is 21.9. The van der Waals surface area contributed by atoms with E-state index in [4.69, 9.17) is 14.6 Å². The van der Waals surface area contributed by atoms with Crippen LogP contribution in [0.25, 0.3) is 10.9 Å². The van der Waals surface area contributed by atoms with Crippen molar-refractivity contribution in [2.45, 2.75) is 36.8 Å². The maximum Gasteiger partial charge on any atom is 0.307 e. The summed E-state index contributed by atoms with van der Waals surface area (Å²) in [7, 11) is 1.51. The fourth-order valence-electron chi connectivity index (χ4n) is 2.88. The molecule has 0 aliphatic rings. The number of benzene rings is 2. The van der Waals surface area contributed by atoms with Crippen molar-refractivity contribution in [1.29, 1.82) is 0 Å². The van der Waals surface area contributed by atoms with Gasteiger partial charge in [-0.05, 0) is 49.6 Å². The number of nitrogens with zero attached hydrogens (tertiary/aromatic N) is 1. The quantitative estimate of drug-likeness (QED) is 0.569. The molecule has 1 N–H and O–H groups in total. The van der Waals surface area contributed by atoms with E-state index in [1.54, 1.807) is 24.4 Å². The van der Waals surface area contributed by atoms with Crippen molar-refractivity contribution in [2.24, 2.45) is 0 Å². The average molecular weight is 431 g/mol. The zero-order valence-electron chi connectivity index (χ0n) is 17.1. The molecule has 0 saturated heterocycles. The normalized spacial score (nSPS) is 12.6. The predicted octanol–water partition coefficient (Wildman–Crippen LogP) is 4.71. The second-order valence-electron chi connectivity index (χ2n) is 7.64. The van der Waals surface area contributed by atoms with Gasteiger partial charge in [-0.15, -0.1) is 0 Å². The summed E-state index contributed by atoms with van der Waals surface area (Å²) in [6, 6.07) is 9.06. The SMILES string of the molecule is COc1cc2nccc(Oc3ccc(CC(=O)O)c(F)c3)c2cc1[S+]([O-])C(C)(C)C. The molecule has 0 spiro atoms. The topological polar surface area (TPSA) is 91.7 Å². The molecule has 8 heteroatoms. The third-order valence-electron chi connectivity index (χ3n) is 4.34. The number of aromatic nitrogens is 1. The molecule has 1 heterocycles. The van der Waals surface area contributed by atoms with Crippen molar-refractivity contribution in [3.63, 3.8) is 0 Å². The van der Waals surface area contributed by atoms with Crippen molar-refractivity contribution in [1.82, 2.24) is 4.98 Å². The van der Waals surface area contributed by atoms with Gasteiger partial charge >= 0.3 is 5.97 Å². The van der Waals surface area contributed by atoms with Crippen molar-refractivity contribution >= 4 is 28.0 Å². The maximum absolute atomic E-state index is 14.2. The lowest BCUT2D eigenvalue weighted by Gasteiger charge is -2.25. The predicted molar refractivity (Wildman–Crippen MR) is 112 cm³/mol. The average Bonchev–Trinajstić information content (AvgIpc) is 2.67. The van der Waals surface area contributed by atoms with Gasteiger partial charge in [-0.25, -0.2) is 4.39 Å². The number of pyridine rings is 1. The van der Waals surface area contributed by atoms with Gasteiger partial charge in [0.1, 0.15) is 22.1 Å². The molecule has 0 saturated carbocycles. The molecule has 6 nitrogen and oxygen atoms in total. The number of rotatable bonds is 6. The van der Waals surface area contributed by atoms with Crippen LogP contribution < -0.4 is 9.47 Å². The lowest BCUT2D eigenvalue weighted by atomic mass is 10.1. The van der Waals surface area contributed by atoms with E-state index in [9.17, 15) is 13.7 Å². The van der Waals surface area contributed by atoms with Crippen LogP contribution in [-0.2, 0) is 22.4 Å². The molecule has 0 bridgehead atoms. The Labute approximate surface area is 176 Å². The van der Waals surface area contributed by atoms with Gasteiger partial charge in [0.25, 0.3) is 0 Å². The fourth-order valence-corrected chi connectivity index (χ4v) is 4.09. The highest BCUT2D eigenvalue weighted by Crippen LogP contribution is 2.38. The van der Waals surface area contributed by atoms with Crippen LogP contribution in [0.5, 0.6) is 17.2 Å². The Balaban J connectivity index is 2.04. The summed E-state index contributed by atoms with van der Waals surface area (Å²) < 4.78 is 38.0. The van der Waals surface area contributed by atoms with Gasteiger partial charge in [-0.2, -0.15) is 0 Å². The number of fused-ring (bicyclic) bond motifs is 1. The minimum absolute atomic E-state index is 0.0713. The van der Waals surface area contributed by atoms with Gasteiger partial charge in [-0.3, -0.25) is 9.78 Å². The van der Waals surface area contributed by atoms with Gasteiger partial charge in [0.15, 0.2) is 10.6 Å². The largest absolute Gasteiger partial charge is 0.611 e. The number of aliphatic carboxylic acids is 1. The monoisotopic (exact) mass is 431 g/mol. The van der Waals surface area contributed by atoms with Gasteiger partial charge in [0.05, 0.1) is 19.0 Å². The second kappa shape index (κ2) is 8.49. The minimum atomic E-state index is -1.36. The molecule has 3 rings (SSSR count). The molecule has 1 aromatic heterocycles. The Bertz CT molecular complexity index is 1100. The molecule has 0 aliphatic carbocycles. The van der Waals surface area contributed by atoms with Crippen LogP contribution in [0.4, 0.5) is 4.39 Å². The summed E-state index contributed by atoms with van der Waals surface area (Å²) in [4.78, 5) is 15.6. The first-order valence-electron chi connectivity index (χ1n) is 9.17. The number of hydrogen-bond acceptors (Lipinski definition) is 5. The van der Waals surface area contributed by atoms with E-state index < -0.39 is 34.1 Å². The zero-order valence-corrected chi connectivity index (χ0v) is 17.9. The van der Waals surface area contributed by atoms with Crippen LogP contribution in [0.3, 0.4) is 0 Å². The number of carboxylic acid groups (broad SMARTS) is 1. The Hall–Kier alpha value is -2.84. The highest BCUT2D eigenvalue weighted by molar-refractivity contribution is 7.92. The Morgan fingerprint density at radius 3 is 2.53 bits per heavy atom. The van der Waals surface area contributed by atoms with E-state index in [-0.39, 0.29) is 11.3 Å². The highest BCUT2D eigenvalue weighted by atomic mass is 32.2. The van der Waals surface area contributed by atoms with E-state index >= 15 is 0 Å². The van der Waals surface area contributed by atoms with Crippen LogP contribution >= 0.6 is 0 Å². The number of methoxy groups -OCH3 is 1. The summed E-state index contributed by atoms with van der Waals surface area (Å²) in [5.74, 6) is -0.700. The van der Waals surface area contributed by atoms with Crippen LogP contribution in [-0.4, -0.2) is 32.5 Å². The molecular weight excluding hydrogens is 409 g/mol. The molecule has 30 heavy (non-hydrogen) atoms. The van der Waals surface area contributed by atoms with Crippen LogP contribution in [0.2, 0.25) is 0 Å². The summed E-state index contributed by atoms with van der Waals surface area (Å²) in [6.07, 6.45) is 1.14. The summed E-state index contributed by atoms with van der Waals surface area (Å²) in [5.41, 5.74) is 0.643. The van der Waals surface area contributed by atoms with Crippen molar-refractivity contribution in [2.75, 3.05) is 7.11 Å². The summed E-state index contributed by atoms with van der Waals surface area (Å²) in [5, 5.41) is 9.44. The third-order valence-corrected chi connectivity index (χ3v) is 6.17. The van der Waals surface area contributed by atoms with Gasteiger partial charge in [0, 0.05) is 29.8 Å². The van der Waals surface area contributed by atoms with Gasteiger partial charge < -0.3 is 19.1 Å². The Kier molecular flexibility index (Phi) is 6.19. The maximum atomic E-state index is 14.2. The Morgan fingerprint density at radius 1 is 1.20 bits per heavy atom. The standard InChI is InChI=1S/C22H22FNO5S/c1-22(2,3)30(27)20-11-15-17(12-19(20)28-4)24-8-7-18(15)29-14-6-5-13(9-21(25)26)16(23)10-14/h5-8,10-12H,9H2,1-4H3,(H,25,26). The summed E-state index contributed by atoms with van der Waals surface area (Å²) in [6.45, 7) is 5.61. The lowest BCUT2D eigenvalue weighted by Crippen LogP contribution is -2.28. The van der Waals surface area contributed by atoms with Crippen LogP contribution in [0, 0.1) is 5.82 Å². The number of ether oxygens (including phenoxy) is 2. The molecule has 1 unspecified atom stereocenters. The Morgan fingerprint density at radius 2 is 1.93 bits per heavy atom. The molecular formula is C22H22FNO5S. The van der Waals surface area contributed by atoms with Gasteiger partial charge in [0.2, 0.25) is 0 Å². The lowest BCUT2D eigenvalue weighted by molar-refractivity contribution is -0.136. The van der Waals surface area contributed by atoms with E-state index in [0.717, 1.165) is 6.07 Å². The fraction of sp³-hybridized carbons (Fsp3) is 0.273. The van der Waals surface area contributed by atoms with Crippen molar-refractivity contribution < 1.29 is 28.3 Å². The van der Waals surface area contributed by atoms with E-state index in [1.165, 1.54) is 19.2 Å². The van der Waals surface area contributed by atoms with E-state index in [2.05, 4.69) is 4.98 Å². The van der Waals surface area contributed by atoms with E-state index in [1.807, 2.05) is 20.8 Å².